The molecule has 1 aliphatic rings. The molecule has 0 aromatic heterocycles. The lowest BCUT2D eigenvalue weighted by Gasteiger charge is -2.29. The molecule has 1 aromatic rings. The summed E-state index contributed by atoms with van der Waals surface area (Å²) in [5.74, 6) is 0. The summed E-state index contributed by atoms with van der Waals surface area (Å²) in [5, 5.41) is 9.30. The van der Waals surface area contributed by atoms with E-state index in [1.807, 2.05) is 0 Å². The van der Waals surface area contributed by atoms with E-state index >= 15 is 0 Å². The van der Waals surface area contributed by atoms with Crippen LogP contribution in [0.15, 0.2) is 35.3 Å². The molecule has 0 amide bonds. The van der Waals surface area contributed by atoms with Crippen LogP contribution in [0.5, 0.6) is 0 Å². The third-order valence-corrected chi connectivity index (χ3v) is 7.46. The monoisotopic (exact) mass is 457 g/mol. The lowest BCUT2D eigenvalue weighted by Crippen LogP contribution is -2.48. The Morgan fingerprint density at radius 3 is 1.55 bits per heavy atom. The molecular formula is C30H53N2O+. The van der Waals surface area contributed by atoms with Crippen molar-refractivity contribution in [2.24, 2.45) is 4.99 Å². The minimum Gasteiger partial charge on any atom is -0.390 e. The number of aryl methyl sites for hydroxylation is 1. The Morgan fingerprint density at radius 2 is 1.09 bits per heavy atom. The van der Waals surface area contributed by atoms with E-state index in [2.05, 4.69) is 41.7 Å². The molecule has 3 nitrogen and oxygen atoms in total. The maximum atomic E-state index is 9.30. The van der Waals surface area contributed by atoms with Gasteiger partial charge in [0.15, 0.2) is 6.34 Å². The minimum atomic E-state index is 0.279. The highest BCUT2D eigenvalue weighted by Gasteiger charge is 2.27. The predicted octanol–water partition coefficient (Wildman–Crippen LogP) is 7.71. The number of benzene rings is 1. The molecule has 1 aliphatic heterocycles. The smallest absolute Gasteiger partial charge is 0.185 e. The van der Waals surface area contributed by atoms with Gasteiger partial charge in [-0.1, -0.05) is 120 Å². The summed E-state index contributed by atoms with van der Waals surface area (Å²) < 4.78 is 0.922. The molecule has 188 valence electrons. The second-order valence-corrected chi connectivity index (χ2v) is 10.4. The van der Waals surface area contributed by atoms with E-state index in [0.717, 1.165) is 30.7 Å². The van der Waals surface area contributed by atoms with Crippen LogP contribution < -0.4 is 0 Å². The van der Waals surface area contributed by atoms with Crippen LogP contribution >= 0.6 is 0 Å². The van der Waals surface area contributed by atoms with E-state index in [1.165, 1.54) is 121 Å². The van der Waals surface area contributed by atoms with Crippen LogP contribution in [0.1, 0.15) is 115 Å². The molecule has 2 rings (SSSR count). The Hall–Kier alpha value is -1.19. The third kappa shape index (κ3) is 14.0. The molecule has 0 fully saturated rings. The highest BCUT2D eigenvalue weighted by Crippen LogP contribution is 2.16. The molecule has 1 aromatic carbocycles. The molecule has 0 saturated heterocycles. The van der Waals surface area contributed by atoms with Crippen LogP contribution in [0, 0.1) is 0 Å². The van der Waals surface area contributed by atoms with Gasteiger partial charge in [0.1, 0.15) is 13.1 Å². The zero-order valence-corrected chi connectivity index (χ0v) is 21.6. The summed E-state index contributed by atoms with van der Waals surface area (Å²) in [7, 11) is 0. The van der Waals surface area contributed by atoms with E-state index in [-0.39, 0.29) is 6.61 Å². The number of aliphatic hydroxyl groups is 1. The first-order valence-electron chi connectivity index (χ1n) is 14.4. The predicted molar refractivity (Wildman–Crippen MR) is 144 cm³/mol. The Balaban J connectivity index is 1.24. The van der Waals surface area contributed by atoms with Gasteiger partial charge >= 0.3 is 0 Å². The zero-order valence-electron chi connectivity index (χ0n) is 21.6. The van der Waals surface area contributed by atoms with Crippen molar-refractivity contribution in [3.8, 4) is 0 Å². The number of hydrogen-bond acceptors (Lipinski definition) is 2. The van der Waals surface area contributed by atoms with Gasteiger partial charge in [0.05, 0.1) is 19.7 Å². The highest BCUT2D eigenvalue weighted by atomic mass is 16.3. The summed E-state index contributed by atoms with van der Waals surface area (Å²) in [5.41, 5.74) is 1.50. The van der Waals surface area contributed by atoms with Gasteiger partial charge in [-0.15, -0.1) is 0 Å². The quantitative estimate of drug-likeness (QED) is 0.140. The van der Waals surface area contributed by atoms with Crippen molar-refractivity contribution in [3.63, 3.8) is 0 Å². The molecule has 0 radical (unpaired) electrons. The van der Waals surface area contributed by atoms with Gasteiger partial charge in [-0.2, -0.15) is 0 Å². The zero-order chi connectivity index (χ0) is 23.3. The van der Waals surface area contributed by atoms with Crippen molar-refractivity contribution in [2.75, 3.05) is 32.8 Å². The first kappa shape index (κ1) is 28.1. The fourth-order valence-electron chi connectivity index (χ4n) is 5.25. The maximum Gasteiger partial charge on any atom is 0.185 e. The number of rotatable bonds is 22. The number of aliphatic imine (C=N–C) groups is 1. The molecule has 33 heavy (non-hydrogen) atoms. The molecule has 1 heterocycles. The number of nitrogens with zero attached hydrogens (tertiary/aromatic N) is 2. The summed E-state index contributed by atoms with van der Waals surface area (Å²) >= 11 is 0. The van der Waals surface area contributed by atoms with Crippen molar-refractivity contribution in [1.29, 1.82) is 0 Å². The molecular weight excluding hydrogens is 404 g/mol. The molecule has 0 saturated carbocycles. The molecule has 1 N–H and O–H groups in total. The van der Waals surface area contributed by atoms with E-state index in [4.69, 9.17) is 0 Å². The van der Waals surface area contributed by atoms with Crippen LogP contribution in [-0.4, -0.2) is 48.7 Å². The lowest BCUT2D eigenvalue weighted by molar-refractivity contribution is -0.829. The van der Waals surface area contributed by atoms with Crippen molar-refractivity contribution in [3.05, 3.63) is 35.9 Å². The summed E-state index contributed by atoms with van der Waals surface area (Å²) in [6.45, 7) is 4.32. The third-order valence-electron chi connectivity index (χ3n) is 7.46. The Morgan fingerprint density at radius 1 is 0.606 bits per heavy atom. The largest absolute Gasteiger partial charge is 0.390 e. The Labute approximate surface area is 205 Å². The van der Waals surface area contributed by atoms with E-state index in [1.54, 1.807) is 0 Å². The maximum absolute atomic E-state index is 9.30. The van der Waals surface area contributed by atoms with Gasteiger partial charge in [0.25, 0.3) is 0 Å². The molecule has 1 atom stereocenters. The van der Waals surface area contributed by atoms with Gasteiger partial charge in [0.2, 0.25) is 0 Å². The number of hydrogen-bond donors (Lipinski definition) is 1. The fraction of sp³-hybridized carbons (Fsp3) is 0.767. The fourth-order valence-corrected chi connectivity index (χ4v) is 5.25. The summed E-state index contributed by atoms with van der Waals surface area (Å²) in [6, 6.07) is 10.9. The van der Waals surface area contributed by atoms with E-state index < -0.39 is 0 Å². The molecule has 0 spiro atoms. The number of quaternary nitrogens is 1. The Bertz CT molecular complexity index is 588. The first-order valence-corrected chi connectivity index (χ1v) is 14.4. The average molecular weight is 458 g/mol. The van der Waals surface area contributed by atoms with Crippen molar-refractivity contribution >= 4 is 6.34 Å². The number of aliphatic hydroxyl groups excluding tert-OH is 1. The van der Waals surface area contributed by atoms with Crippen LogP contribution in [0.3, 0.4) is 0 Å². The van der Waals surface area contributed by atoms with Crippen molar-refractivity contribution < 1.29 is 9.59 Å². The second-order valence-electron chi connectivity index (χ2n) is 10.4. The lowest BCUT2D eigenvalue weighted by atomic mass is 10.0. The van der Waals surface area contributed by atoms with E-state index in [0.29, 0.717) is 0 Å². The average Bonchev–Trinajstić information content (AvgIpc) is 3.30. The van der Waals surface area contributed by atoms with Gasteiger partial charge in [-0.25, -0.2) is 4.99 Å². The van der Waals surface area contributed by atoms with Gasteiger partial charge < -0.3 is 5.11 Å². The van der Waals surface area contributed by atoms with Crippen molar-refractivity contribution in [2.45, 2.75) is 116 Å². The molecule has 0 bridgehead atoms. The SMILES string of the molecule is OCC[N+]1(CCCCCCCCCCCCCCCCCCCc2ccccc2)C=NCC1. The topological polar surface area (TPSA) is 32.6 Å². The molecule has 0 aliphatic carbocycles. The van der Waals surface area contributed by atoms with Crippen molar-refractivity contribution in [1.82, 2.24) is 0 Å². The summed E-state index contributed by atoms with van der Waals surface area (Å²) in [4.78, 5) is 4.40. The normalized spacial score (nSPS) is 17.7. The standard InChI is InChI=1S/C30H53N2O/c33-28-27-32(26-24-31-29-32)25-20-15-13-11-9-7-5-3-1-2-4-6-8-10-12-14-17-21-30-22-18-16-19-23-30/h16,18-19,22-23,29,33H,1-15,17,20-21,24-28H2/q+1. The second kappa shape index (κ2) is 19.2. The highest BCUT2D eigenvalue weighted by molar-refractivity contribution is 5.48. The first-order chi connectivity index (χ1) is 16.3. The summed E-state index contributed by atoms with van der Waals surface area (Å²) in [6.07, 6.45) is 27.3. The van der Waals surface area contributed by atoms with Crippen LogP contribution in [0.2, 0.25) is 0 Å². The van der Waals surface area contributed by atoms with Crippen LogP contribution in [-0.2, 0) is 6.42 Å². The number of unbranched alkanes of at least 4 members (excludes halogenated alkanes) is 16. The molecule has 3 heteroatoms. The minimum absolute atomic E-state index is 0.279. The van der Waals surface area contributed by atoms with E-state index in [9.17, 15) is 5.11 Å². The molecule has 1 unspecified atom stereocenters. The van der Waals surface area contributed by atoms with Gasteiger partial charge in [-0.3, -0.25) is 4.48 Å². The van der Waals surface area contributed by atoms with Gasteiger partial charge in [0, 0.05) is 0 Å². The van der Waals surface area contributed by atoms with Gasteiger partial charge in [-0.05, 0) is 31.2 Å². The Kier molecular flexibility index (Phi) is 16.3. The van der Waals surface area contributed by atoms with Crippen LogP contribution in [0.4, 0.5) is 0 Å². The van der Waals surface area contributed by atoms with Crippen LogP contribution in [0.25, 0.3) is 0 Å².